The average Bonchev–Trinajstić information content (AvgIpc) is 3.21. The van der Waals surface area contributed by atoms with E-state index in [1.807, 2.05) is 42.5 Å². The molecule has 208 valence electrons. The van der Waals surface area contributed by atoms with Gasteiger partial charge in [0.1, 0.15) is 5.82 Å². The first-order valence-corrected chi connectivity index (χ1v) is 13.9. The summed E-state index contributed by atoms with van der Waals surface area (Å²) in [7, 11) is 0. The van der Waals surface area contributed by atoms with Gasteiger partial charge in [-0.05, 0) is 83.1 Å². The van der Waals surface area contributed by atoms with E-state index in [0.29, 0.717) is 17.9 Å². The molecule has 0 atom stereocenters. The van der Waals surface area contributed by atoms with Crippen LogP contribution in [-0.2, 0) is 16.1 Å². The number of rotatable bonds is 9. The molecule has 41 heavy (non-hydrogen) atoms. The standard InChI is InChI=1S/C31H24ClFN2O5S/c1-2-39-26-15-19(14-25(32)29(26)40-18-28(36)34-23-12-10-22(33)11-13-23)16-27-30(37)35(31(38)41-27)17-21-8-5-7-20-6-3-4-9-24(20)21/h3-16H,2,17-18H2,1H3,(H,34,36)/b27-16+. The third-order valence-corrected chi connectivity index (χ3v) is 7.38. The predicted octanol–water partition coefficient (Wildman–Crippen LogP) is 7.29. The van der Waals surface area contributed by atoms with Gasteiger partial charge in [0.15, 0.2) is 18.1 Å². The Kier molecular flexibility index (Phi) is 8.56. The number of fused-ring (bicyclic) bond motifs is 1. The van der Waals surface area contributed by atoms with Gasteiger partial charge in [0, 0.05) is 5.69 Å². The molecule has 1 N–H and O–H groups in total. The highest BCUT2D eigenvalue weighted by atomic mass is 35.5. The molecule has 0 spiro atoms. The van der Waals surface area contributed by atoms with E-state index in [1.54, 1.807) is 25.1 Å². The Morgan fingerprint density at radius 1 is 1.02 bits per heavy atom. The van der Waals surface area contributed by atoms with Crippen molar-refractivity contribution in [1.82, 2.24) is 4.90 Å². The van der Waals surface area contributed by atoms with E-state index in [1.165, 1.54) is 29.2 Å². The maximum atomic E-state index is 13.2. The zero-order chi connectivity index (χ0) is 28.9. The van der Waals surface area contributed by atoms with Crippen LogP contribution in [0.3, 0.4) is 0 Å². The van der Waals surface area contributed by atoms with Crippen molar-refractivity contribution in [3.05, 3.63) is 106 Å². The number of hydrogen-bond donors (Lipinski definition) is 1. The number of nitrogens with zero attached hydrogens (tertiary/aromatic N) is 1. The van der Waals surface area contributed by atoms with Gasteiger partial charge >= 0.3 is 0 Å². The van der Waals surface area contributed by atoms with Gasteiger partial charge in [-0.3, -0.25) is 19.3 Å². The lowest BCUT2D eigenvalue weighted by atomic mass is 10.0. The van der Waals surface area contributed by atoms with Gasteiger partial charge in [0.25, 0.3) is 17.1 Å². The van der Waals surface area contributed by atoms with E-state index >= 15 is 0 Å². The van der Waals surface area contributed by atoms with E-state index in [-0.39, 0.29) is 39.8 Å². The first-order chi connectivity index (χ1) is 19.8. The van der Waals surface area contributed by atoms with Gasteiger partial charge < -0.3 is 14.8 Å². The smallest absolute Gasteiger partial charge is 0.293 e. The zero-order valence-electron chi connectivity index (χ0n) is 21.9. The zero-order valence-corrected chi connectivity index (χ0v) is 23.4. The van der Waals surface area contributed by atoms with E-state index in [2.05, 4.69) is 5.32 Å². The normalized spacial score (nSPS) is 14.1. The van der Waals surface area contributed by atoms with Crippen molar-refractivity contribution < 1.29 is 28.2 Å². The molecule has 0 aromatic heterocycles. The van der Waals surface area contributed by atoms with Gasteiger partial charge in [-0.2, -0.15) is 0 Å². The average molecular weight is 591 g/mol. The molecule has 1 fully saturated rings. The Labute approximate surface area is 244 Å². The SMILES string of the molecule is CCOc1cc(/C=C2/SC(=O)N(Cc3cccc4ccccc34)C2=O)cc(Cl)c1OCC(=O)Nc1ccc(F)cc1. The van der Waals surface area contributed by atoms with Crippen LogP contribution in [0.25, 0.3) is 16.8 Å². The summed E-state index contributed by atoms with van der Waals surface area (Å²) < 4.78 is 24.5. The van der Waals surface area contributed by atoms with Crippen LogP contribution >= 0.6 is 23.4 Å². The lowest BCUT2D eigenvalue weighted by Gasteiger charge is -2.15. The molecule has 7 nitrogen and oxygen atoms in total. The molecule has 0 aliphatic carbocycles. The summed E-state index contributed by atoms with van der Waals surface area (Å²) in [5.41, 5.74) is 1.82. The summed E-state index contributed by atoms with van der Waals surface area (Å²) in [5, 5.41) is 4.41. The molecular weight excluding hydrogens is 567 g/mol. The molecule has 0 bridgehead atoms. The molecule has 0 saturated carbocycles. The van der Waals surface area contributed by atoms with Crippen LogP contribution in [0.1, 0.15) is 18.1 Å². The van der Waals surface area contributed by atoms with Crippen molar-refractivity contribution in [3.63, 3.8) is 0 Å². The van der Waals surface area contributed by atoms with Gasteiger partial charge in [-0.15, -0.1) is 0 Å². The molecule has 1 heterocycles. The minimum absolute atomic E-state index is 0.154. The van der Waals surface area contributed by atoms with Gasteiger partial charge in [0.05, 0.1) is 23.1 Å². The number of thioether (sulfide) groups is 1. The summed E-state index contributed by atoms with van der Waals surface area (Å²) in [6.07, 6.45) is 1.58. The number of nitrogens with one attached hydrogen (secondary N) is 1. The van der Waals surface area contributed by atoms with Crippen molar-refractivity contribution in [3.8, 4) is 11.5 Å². The molecule has 1 saturated heterocycles. The Balaban J connectivity index is 1.32. The first-order valence-electron chi connectivity index (χ1n) is 12.7. The van der Waals surface area contributed by atoms with Crippen LogP contribution in [-0.4, -0.2) is 35.2 Å². The lowest BCUT2D eigenvalue weighted by molar-refractivity contribution is -0.123. The fourth-order valence-electron chi connectivity index (χ4n) is 4.33. The summed E-state index contributed by atoms with van der Waals surface area (Å²) >= 11 is 7.35. The highest BCUT2D eigenvalue weighted by Gasteiger charge is 2.35. The number of benzene rings is 4. The monoisotopic (exact) mass is 590 g/mol. The predicted molar refractivity (Wildman–Crippen MR) is 159 cm³/mol. The summed E-state index contributed by atoms with van der Waals surface area (Å²) in [6.45, 7) is 1.86. The first kappa shape index (κ1) is 28.2. The molecule has 10 heteroatoms. The topological polar surface area (TPSA) is 84.9 Å². The Hall–Kier alpha value is -4.34. The number of carbonyl (C=O) groups is 3. The van der Waals surface area contributed by atoms with Gasteiger partial charge in [0.2, 0.25) is 0 Å². The van der Waals surface area contributed by atoms with E-state index < -0.39 is 17.6 Å². The second-order valence-electron chi connectivity index (χ2n) is 9.01. The second-order valence-corrected chi connectivity index (χ2v) is 10.4. The highest BCUT2D eigenvalue weighted by Crippen LogP contribution is 2.39. The fourth-order valence-corrected chi connectivity index (χ4v) is 5.44. The number of carbonyl (C=O) groups excluding carboxylic acids is 3. The molecule has 1 aliphatic heterocycles. The molecule has 4 aromatic rings. The molecule has 3 amide bonds. The van der Waals surface area contributed by atoms with Crippen LogP contribution in [0.15, 0.2) is 83.8 Å². The van der Waals surface area contributed by atoms with Crippen molar-refractivity contribution in [2.45, 2.75) is 13.5 Å². The van der Waals surface area contributed by atoms with Gasteiger partial charge in [-0.1, -0.05) is 54.1 Å². The minimum atomic E-state index is -0.473. The van der Waals surface area contributed by atoms with E-state index in [9.17, 15) is 18.8 Å². The summed E-state index contributed by atoms with van der Waals surface area (Å²) in [4.78, 5) is 39.9. The maximum absolute atomic E-state index is 13.2. The summed E-state index contributed by atoms with van der Waals surface area (Å²) in [6, 6.07) is 22.1. The van der Waals surface area contributed by atoms with E-state index in [0.717, 1.165) is 28.1 Å². The second kappa shape index (κ2) is 12.4. The third kappa shape index (κ3) is 6.53. The summed E-state index contributed by atoms with van der Waals surface area (Å²) in [5.74, 6) is -0.860. The van der Waals surface area contributed by atoms with Crippen molar-refractivity contribution in [2.75, 3.05) is 18.5 Å². The van der Waals surface area contributed by atoms with Crippen LogP contribution in [0.2, 0.25) is 5.02 Å². The molecular formula is C31H24ClFN2O5S. The fraction of sp³-hybridized carbons (Fsp3) is 0.129. The Morgan fingerprint density at radius 3 is 2.56 bits per heavy atom. The number of hydrogen-bond acceptors (Lipinski definition) is 6. The van der Waals surface area contributed by atoms with Crippen molar-refractivity contribution in [2.24, 2.45) is 0 Å². The Bertz CT molecular complexity index is 1670. The molecule has 0 radical (unpaired) electrons. The van der Waals surface area contributed by atoms with Crippen LogP contribution in [0.4, 0.5) is 14.9 Å². The quantitative estimate of drug-likeness (QED) is 0.206. The molecule has 0 unspecified atom stereocenters. The molecule has 5 rings (SSSR count). The number of imide groups is 1. The number of ether oxygens (including phenoxy) is 2. The van der Waals surface area contributed by atoms with E-state index in [4.69, 9.17) is 21.1 Å². The van der Waals surface area contributed by atoms with Gasteiger partial charge in [-0.25, -0.2) is 4.39 Å². The molecule has 4 aromatic carbocycles. The van der Waals surface area contributed by atoms with Crippen molar-refractivity contribution >= 4 is 63.0 Å². The third-order valence-electron chi connectivity index (χ3n) is 6.19. The highest BCUT2D eigenvalue weighted by molar-refractivity contribution is 8.18. The number of anilines is 1. The lowest BCUT2D eigenvalue weighted by Crippen LogP contribution is -2.27. The number of halogens is 2. The van der Waals surface area contributed by atoms with Crippen LogP contribution in [0, 0.1) is 5.82 Å². The maximum Gasteiger partial charge on any atom is 0.293 e. The van der Waals surface area contributed by atoms with Crippen LogP contribution in [0.5, 0.6) is 11.5 Å². The van der Waals surface area contributed by atoms with Crippen molar-refractivity contribution in [1.29, 1.82) is 0 Å². The number of amides is 3. The molecule has 1 aliphatic rings. The Morgan fingerprint density at radius 2 is 1.78 bits per heavy atom. The van der Waals surface area contributed by atoms with Crippen LogP contribution < -0.4 is 14.8 Å². The largest absolute Gasteiger partial charge is 0.490 e. The minimum Gasteiger partial charge on any atom is -0.490 e.